The number of carbonyl (C=O) groups excluding carboxylic acids is 1. The zero-order valence-corrected chi connectivity index (χ0v) is 15.2. The highest BCUT2D eigenvalue weighted by Gasteiger charge is 2.13. The Morgan fingerprint density at radius 1 is 1.00 bits per heavy atom. The number of amides is 1. The van der Waals surface area contributed by atoms with Gasteiger partial charge in [-0.15, -0.1) is 0 Å². The van der Waals surface area contributed by atoms with Crippen LogP contribution >= 0.6 is 23.2 Å². The Bertz CT molecular complexity index is 1160. The molecule has 4 nitrogen and oxygen atoms in total. The molecule has 0 aliphatic rings. The summed E-state index contributed by atoms with van der Waals surface area (Å²) in [6, 6.07) is 15.6. The van der Waals surface area contributed by atoms with Crippen LogP contribution in [0.4, 0.5) is 10.1 Å². The molecule has 7 heteroatoms. The maximum Gasteiger partial charge on any atom is 0.257 e. The minimum absolute atomic E-state index is 0.265. The molecule has 0 fully saturated rings. The van der Waals surface area contributed by atoms with Crippen LogP contribution in [0.2, 0.25) is 10.0 Å². The van der Waals surface area contributed by atoms with E-state index < -0.39 is 0 Å². The largest absolute Gasteiger partial charge is 0.436 e. The highest BCUT2D eigenvalue weighted by atomic mass is 35.5. The Hall–Kier alpha value is -2.89. The normalized spacial score (nSPS) is 10.9. The number of nitrogens with zero attached hydrogens (tertiary/aromatic N) is 1. The molecule has 27 heavy (non-hydrogen) atoms. The van der Waals surface area contributed by atoms with Gasteiger partial charge in [0.2, 0.25) is 5.89 Å². The molecule has 0 saturated carbocycles. The van der Waals surface area contributed by atoms with Crippen LogP contribution in [-0.4, -0.2) is 10.9 Å². The molecule has 0 spiro atoms. The van der Waals surface area contributed by atoms with Gasteiger partial charge in [-0.25, -0.2) is 9.37 Å². The van der Waals surface area contributed by atoms with Crippen LogP contribution < -0.4 is 5.32 Å². The van der Waals surface area contributed by atoms with E-state index in [0.29, 0.717) is 38.8 Å². The van der Waals surface area contributed by atoms with Crippen LogP contribution in [0.5, 0.6) is 0 Å². The van der Waals surface area contributed by atoms with Crippen LogP contribution in [-0.2, 0) is 0 Å². The van der Waals surface area contributed by atoms with E-state index in [2.05, 4.69) is 10.3 Å². The number of carbonyl (C=O) groups is 1. The fourth-order valence-corrected chi connectivity index (χ4v) is 3.09. The molecule has 1 amide bonds. The predicted octanol–water partition coefficient (Wildman–Crippen LogP) is 6.19. The van der Waals surface area contributed by atoms with Crippen molar-refractivity contribution >= 4 is 45.9 Å². The van der Waals surface area contributed by atoms with Gasteiger partial charge in [0, 0.05) is 16.3 Å². The molecule has 4 rings (SSSR count). The van der Waals surface area contributed by atoms with Gasteiger partial charge >= 0.3 is 0 Å². The van der Waals surface area contributed by atoms with Gasteiger partial charge in [0.1, 0.15) is 11.3 Å². The smallest absolute Gasteiger partial charge is 0.257 e. The van der Waals surface area contributed by atoms with Crippen molar-refractivity contribution in [1.82, 2.24) is 4.98 Å². The van der Waals surface area contributed by atoms with Crippen molar-refractivity contribution in [3.63, 3.8) is 0 Å². The number of anilines is 1. The maximum absolute atomic E-state index is 13.1. The molecule has 1 N–H and O–H groups in total. The van der Waals surface area contributed by atoms with Gasteiger partial charge in [0.05, 0.1) is 10.6 Å². The third kappa shape index (κ3) is 3.65. The molecular formula is C20H11Cl2FN2O2. The molecule has 0 atom stereocenters. The lowest BCUT2D eigenvalue weighted by atomic mass is 10.2. The fourth-order valence-electron chi connectivity index (χ4n) is 2.59. The third-order valence-electron chi connectivity index (χ3n) is 3.91. The third-order valence-corrected chi connectivity index (χ3v) is 4.46. The Labute approximate surface area is 163 Å². The zero-order valence-electron chi connectivity index (χ0n) is 13.7. The van der Waals surface area contributed by atoms with Gasteiger partial charge in [-0.2, -0.15) is 0 Å². The monoisotopic (exact) mass is 400 g/mol. The van der Waals surface area contributed by atoms with E-state index in [1.54, 1.807) is 42.5 Å². The summed E-state index contributed by atoms with van der Waals surface area (Å²) in [6.45, 7) is 0. The van der Waals surface area contributed by atoms with Crippen molar-refractivity contribution in [3.05, 3.63) is 82.1 Å². The van der Waals surface area contributed by atoms with E-state index in [9.17, 15) is 9.18 Å². The molecule has 4 aromatic rings. The number of oxazole rings is 1. The summed E-state index contributed by atoms with van der Waals surface area (Å²) in [6.07, 6.45) is 0. The molecule has 0 bridgehead atoms. The first-order valence-corrected chi connectivity index (χ1v) is 8.68. The van der Waals surface area contributed by atoms with Crippen molar-refractivity contribution in [2.24, 2.45) is 0 Å². The number of fused-ring (bicyclic) bond motifs is 1. The van der Waals surface area contributed by atoms with Gasteiger partial charge in [-0.3, -0.25) is 4.79 Å². The molecule has 1 heterocycles. The Kier molecular flexibility index (Phi) is 4.56. The number of halogens is 3. The molecule has 0 unspecified atom stereocenters. The molecule has 1 aromatic heterocycles. The van der Waals surface area contributed by atoms with Gasteiger partial charge in [-0.05, 0) is 60.7 Å². The molecule has 0 radical (unpaired) electrons. The average molecular weight is 401 g/mol. The second-order valence-electron chi connectivity index (χ2n) is 5.79. The number of rotatable bonds is 3. The number of aromatic nitrogens is 1. The van der Waals surface area contributed by atoms with Crippen molar-refractivity contribution in [1.29, 1.82) is 0 Å². The zero-order chi connectivity index (χ0) is 19.0. The van der Waals surface area contributed by atoms with Gasteiger partial charge in [0.25, 0.3) is 5.91 Å². The summed E-state index contributed by atoms with van der Waals surface area (Å²) < 4.78 is 18.8. The van der Waals surface area contributed by atoms with Crippen molar-refractivity contribution < 1.29 is 13.6 Å². The Morgan fingerprint density at radius 3 is 2.52 bits per heavy atom. The van der Waals surface area contributed by atoms with Crippen LogP contribution in [0.1, 0.15) is 10.4 Å². The van der Waals surface area contributed by atoms with E-state index in [1.165, 1.54) is 18.2 Å². The van der Waals surface area contributed by atoms with Gasteiger partial charge < -0.3 is 9.73 Å². The van der Waals surface area contributed by atoms with Crippen LogP contribution in [0, 0.1) is 5.82 Å². The van der Waals surface area contributed by atoms with Crippen LogP contribution in [0.25, 0.3) is 22.6 Å². The highest BCUT2D eigenvalue weighted by Crippen LogP contribution is 2.27. The predicted molar refractivity (Wildman–Crippen MR) is 104 cm³/mol. The summed E-state index contributed by atoms with van der Waals surface area (Å²) in [5, 5.41) is 3.49. The van der Waals surface area contributed by atoms with Crippen molar-refractivity contribution in [2.75, 3.05) is 5.32 Å². The summed E-state index contributed by atoms with van der Waals surface area (Å²) in [5.74, 6) is -0.326. The minimum Gasteiger partial charge on any atom is -0.436 e. The first-order chi connectivity index (χ1) is 13.0. The summed E-state index contributed by atoms with van der Waals surface area (Å²) in [7, 11) is 0. The number of benzene rings is 3. The molecule has 3 aromatic carbocycles. The molecule has 0 aliphatic carbocycles. The highest BCUT2D eigenvalue weighted by molar-refractivity contribution is 6.37. The summed E-state index contributed by atoms with van der Waals surface area (Å²) in [5.41, 5.74) is 2.63. The minimum atomic E-state index is -0.363. The van der Waals surface area contributed by atoms with Crippen LogP contribution in [0.3, 0.4) is 0 Å². The summed E-state index contributed by atoms with van der Waals surface area (Å²) >= 11 is 11.9. The summed E-state index contributed by atoms with van der Waals surface area (Å²) in [4.78, 5) is 16.8. The average Bonchev–Trinajstić information content (AvgIpc) is 3.05. The maximum atomic E-state index is 13.1. The van der Waals surface area contributed by atoms with E-state index >= 15 is 0 Å². The lowest BCUT2D eigenvalue weighted by Crippen LogP contribution is -2.12. The van der Waals surface area contributed by atoms with E-state index in [-0.39, 0.29) is 16.7 Å². The van der Waals surface area contributed by atoms with Gasteiger partial charge in [0.15, 0.2) is 5.58 Å². The standard InChI is InChI=1S/C20H11Cl2FN2O2/c21-12-3-7-15(16(22)9-12)19(26)24-14-6-8-18-17(10-14)25-20(27-18)11-1-4-13(23)5-2-11/h1-10H,(H,24,26). The SMILES string of the molecule is O=C(Nc1ccc2oc(-c3ccc(F)cc3)nc2c1)c1ccc(Cl)cc1Cl. The topological polar surface area (TPSA) is 55.1 Å². The first kappa shape index (κ1) is 17.5. The number of hydrogen-bond acceptors (Lipinski definition) is 3. The number of nitrogens with one attached hydrogen (secondary N) is 1. The quantitative estimate of drug-likeness (QED) is 0.445. The fraction of sp³-hybridized carbons (Fsp3) is 0. The molecule has 134 valence electrons. The molecule has 0 aliphatic heterocycles. The second-order valence-corrected chi connectivity index (χ2v) is 6.63. The Balaban J connectivity index is 1.61. The lowest BCUT2D eigenvalue weighted by Gasteiger charge is -2.06. The van der Waals surface area contributed by atoms with E-state index in [0.717, 1.165) is 0 Å². The van der Waals surface area contributed by atoms with Crippen molar-refractivity contribution in [3.8, 4) is 11.5 Å². The first-order valence-electron chi connectivity index (χ1n) is 7.92. The van der Waals surface area contributed by atoms with Crippen LogP contribution in [0.15, 0.2) is 65.1 Å². The Morgan fingerprint density at radius 2 is 1.78 bits per heavy atom. The van der Waals surface area contributed by atoms with Gasteiger partial charge in [-0.1, -0.05) is 23.2 Å². The molecular weight excluding hydrogens is 390 g/mol. The van der Waals surface area contributed by atoms with Crippen molar-refractivity contribution in [2.45, 2.75) is 0 Å². The second kappa shape index (κ2) is 7.02. The van der Waals surface area contributed by atoms with E-state index in [1.807, 2.05) is 0 Å². The van der Waals surface area contributed by atoms with E-state index in [4.69, 9.17) is 27.6 Å². The molecule has 0 saturated heterocycles. The number of hydrogen-bond donors (Lipinski definition) is 1. The lowest BCUT2D eigenvalue weighted by molar-refractivity contribution is 0.102.